The molecule has 1 saturated heterocycles. The van der Waals surface area contributed by atoms with Crippen LogP contribution in [0.1, 0.15) is 24.7 Å². The molecule has 2 heterocycles. The Morgan fingerprint density at radius 1 is 1.15 bits per heavy atom. The number of fused-ring (bicyclic) bond motifs is 1. The van der Waals surface area contributed by atoms with Crippen LogP contribution in [0.4, 0.5) is 0 Å². The zero-order valence-corrected chi connectivity index (χ0v) is 15.0. The Morgan fingerprint density at radius 2 is 1.88 bits per heavy atom. The molecule has 0 atom stereocenters. The number of benzene rings is 2. The SMILES string of the molecule is O=C(COc1ccccc1Cl)N1CCC(c2nc3ccccc3o2)CC1. The molecule has 0 bridgehead atoms. The third-order valence-corrected chi connectivity index (χ3v) is 5.01. The summed E-state index contributed by atoms with van der Waals surface area (Å²) >= 11 is 6.05. The monoisotopic (exact) mass is 370 g/mol. The number of amides is 1. The summed E-state index contributed by atoms with van der Waals surface area (Å²) < 4.78 is 11.4. The van der Waals surface area contributed by atoms with E-state index < -0.39 is 0 Å². The molecule has 1 amide bonds. The molecule has 0 saturated carbocycles. The average molecular weight is 371 g/mol. The van der Waals surface area contributed by atoms with Crippen molar-refractivity contribution in [2.75, 3.05) is 19.7 Å². The molecule has 4 rings (SSSR count). The number of nitrogens with zero attached hydrogens (tertiary/aromatic N) is 2. The fourth-order valence-corrected chi connectivity index (χ4v) is 3.42. The number of piperidine rings is 1. The Morgan fingerprint density at radius 3 is 2.65 bits per heavy atom. The van der Waals surface area contributed by atoms with Crippen LogP contribution in [-0.2, 0) is 4.79 Å². The molecule has 3 aromatic rings. The first kappa shape index (κ1) is 16.9. The van der Waals surface area contributed by atoms with Crippen LogP contribution in [0.15, 0.2) is 52.9 Å². The lowest BCUT2D eigenvalue weighted by atomic mass is 9.97. The van der Waals surface area contributed by atoms with Crippen molar-refractivity contribution in [3.05, 3.63) is 59.4 Å². The van der Waals surface area contributed by atoms with Gasteiger partial charge in [-0.05, 0) is 37.1 Å². The first-order valence-electron chi connectivity index (χ1n) is 8.71. The molecule has 1 aromatic heterocycles. The smallest absolute Gasteiger partial charge is 0.260 e. The van der Waals surface area contributed by atoms with Crippen LogP contribution in [0, 0.1) is 0 Å². The fraction of sp³-hybridized carbons (Fsp3) is 0.300. The molecule has 6 heteroatoms. The van der Waals surface area contributed by atoms with Crippen LogP contribution in [-0.4, -0.2) is 35.5 Å². The van der Waals surface area contributed by atoms with Gasteiger partial charge in [-0.3, -0.25) is 4.79 Å². The van der Waals surface area contributed by atoms with Gasteiger partial charge in [-0.2, -0.15) is 0 Å². The summed E-state index contributed by atoms with van der Waals surface area (Å²) in [6.07, 6.45) is 1.68. The van der Waals surface area contributed by atoms with E-state index in [1.54, 1.807) is 12.1 Å². The van der Waals surface area contributed by atoms with Gasteiger partial charge in [0.1, 0.15) is 11.3 Å². The maximum absolute atomic E-state index is 12.4. The van der Waals surface area contributed by atoms with Crippen molar-refractivity contribution in [1.29, 1.82) is 0 Å². The molecule has 2 aromatic carbocycles. The molecule has 5 nitrogen and oxygen atoms in total. The number of ether oxygens (including phenoxy) is 1. The zero-order valence-electron chi connectivity index (χ0n) is 14.2. The van der Waals surface area contributed by atoms with E-state index in [1.807, 2.05) is 41.3 Å². The molecule has 1 fully saturated rings. The molecular formula is C20H19ClN2O3. The predicted molar refractivity (Wildman–Crippen MR) is 99.5 cm³/mol. The van der Waals surface area contributed by atoms with Crippen LogP contribution in [0.5, 0.6) is 5.75 Å². The number of likely N-dealkylation sites (tertiary alicyclic amines) is 1. The second-order valence-corrected chi connectivity index (χ2v) is 6.80. The van der Waals surface area contributed by atoms with Gasteiger partial charge >= 0.3 is 0 Å². The van der Waals surface area contributed by atoms with Crippen molar-refractivity contribution in [1.82, 2.24) is 9.88 Å². The number of carbonyl (C=O) groups excluding carboxylic acids is 1. The number of carbonyl (C=O) groups is 1. The predicted octanol–water partition coefficient (Wildman–Crippen LogP) is 4.27. The van der Waals surface area contributed by atoms with E-state index in [0.29, 0.717) is 23.9 Å². The molecule has 1 aliphatic rings. The number of para-hydroxylation sites is 3. The van der Waals surface area contributed by atoms with Crippen molar-refractivity contribution in [3.8, 4) is 5.75 Å². The molecule has 0 radical (unpaired) electrons. The maximum atomic E-state index is 12.4. The lowest BCUT2D eigenvalue weighted by Crippen LogP contribution is -2.40. The topological polar surface area (TPSA) is 55.6 Å². The van der Waals surface area contributed by atoms with Gasteiger partial charge in [-0.25, -0.2) is 4.98 Å². The second kappa shape index (κ2) is 7.38. The molecule has 0 aliphatic carbocycles. The maximum Gasteiger partial charge on any atom is 0.260 e. The van der Waals surface area contributed by atoms with Gasteiger partial charge in [0.25, 0.3) is 5.91 Å². The van der Waals surface area contributed by atoms with Crippen molar-refractivity contribution in [2.45, 2.75) is 18.8 Å². The highest BCUT2D eigenvalue weighted by Crippen LogP contribution is 2.30. The van der Waals surface area contributed by atoms with E-state index in [1.165, 1.54) is 0 Å². The number of halogens is 1. The van der Waals surface area contributed by atoms with Crippen molar-refractivity contribution < 1.29 is 13.9 Å². The molecule has 134 valence electrons. The van der Waals surface area contributed by atoms with E-state index in [4.69, 9.17) is 20.8 Å². The highest BCUT2D eigenvalue weighted by Gasteiger charge is 2.27. The summed E-state index contributed by atoms with van der Waals surface area (Å²) in [6, 6.07) is 14.9. The molecule has 26 heavy (non-hydrogen) atoms. The van der Waals surface area contributed by atoms with Crippen molar-refractivity contribution in [2.24, 2.45) is 0 Å². The molecule has 0 N–H and O–H groups in total. The van der Waals surface area contributed by atoms with Crippen molar-refractivity contribution in [3.63, 3.8) is 0 Å². The van der Waals surface area contributed by atoms with Crippen LogP contribution in [0.2, 0.25) is 5.02 Å². The highest BCUT2D eigenvalue weighted by atomic mass is 35.5. The Kier molecular flexibility index (Phi) is 4.80. The second-order valence-electron chi connectivity index (χ2n) is 6.39. The van der Waals surface area contributed by atoms with E-state index in [2.05, 4.69) is 4.98 Å². The quantitative estimate of drug-likeness (QED) is 0.688. The van der Waals surface area contributed by atoms with Crippen molar-refractivity contribution >= 4 is 28.6 Å². The number of hydrogen-bond donors (Lipinski definition) is 0. The Labute approximate surface area is 156 Å². The van der Waals surface area contributed by atoms with Crippen LogP contribution in [0.3, 0.4) is 0 Å². The summed E-state index contributed by atoms with van der Waals surface area (Å²) in [4.78, 5) is 18.8. The molecule has 0 unspecified atom stereocenters. The highest BCUT2D eigenvalue weighted by molar-refractivity contribution is 6.32. The fourth-order valence-electron chi connectivity index (χ4n) is 3.23. The van der Waals surface area contributed by atoms with E-state index in [-0.39, 0.29) is 18.4 Å². The van der Waals surface area contributed by atoms with Gasteiger partial charge in [-0.15, -0.1) is 0 Å². The Hall–Kier alpha value is -2.53. The first-order valence-corrected chi connectivity index (χ1v) is 9.09. The normalized spacial score (nSPS) is 15.3. The number of aromatic nitrogens is 1. The Bertz CT molecular complexity index is 883. The minimum atomic E-state index is -0.0269. The minimum absolute atomic E-state index is 0.00269. The van der Waals surface area contributed by atoms with Crippen LogP contribution >= 0.6 is 11.6 Å². The lowest BCUT2D eigenvalue weighted by Gasteiger charge is -2.30. The molecular weight excluding hydrogens is 352 g/mol. The van der Waals surface area contributed by atoms with Gasteiger partial charge in [0.05, 0.1) is 5.02 Å². The standard InChI is InChI=1S/C20H19ClN2O3/c21-15-5-1-3-7-17(15)25-13-19(24)23-11-9-14(10-12-23)20-22-16-6-2-4-8-18(16)26-20/h1-8,14H,9-13H2. The number of hydrogen-bond acceptors (Lipinski definition) is 4. The van der Waals surface area contributed by atoms with E-state index in [9.17, 15) is 4.79 Å². The summed E-state index contributed by atoms with van der Waals surface area (Å²) in [5.41, 5.74) is 1.70. The summed E-state index contributed by atoms with van der Waals surface area (Å²) in [5.74, 6) is 1.52. The summed E-state index contributed by atoms with van der Waals surface area (Å²) in [6.45, 7) is 1.35. The third-order valence-electron chi connectivity index (χ3n) is 4.70. The summed E-state index contributed by atoms with van der Waals surface area (Å²) in [7, 11) is 0. The zero-order chi connectivity index (χ0) is 17.9. The van der Waals surface area contributed by atoms with E-state index >= 15 is 0 Å². The Balaban J connectivity index is 1.33. The molecule has 0 spiro atoms. The summed E-state index contributed by atoms with van der Waals surface area (Å²) in [5, 5.41) is 0.509. The van der Waals surface area contributed by atoms with Gasteiger partial charge in [0.15, 0.2) is 18.1 Å². The number of oxazole rings is 1. The van der Waals surface area contributed by atoms with Crippen LogP contribution < -0.4 is 4.74 Å². The van der Waals surface area contributed by atoms with Gasteiger partial charge in [-0.1, -0.05) is 35.9 Å². The molecule has 1 aliphatic heterocycles. The van der Waals surface area contributed by atoms with Gasteiger partial charge in [0, 0.05) is 19.0 Å². The van der Waals surface area contributed by atoms with E-state index in [0.717, 1.165) is 29.8 Å². The van der Waals surface area contributed by atoms with Crippen LogP contribution in [0.25, 0.3) is 11.1 Å². The lowest BCUT2D eigenvalue weighted by molar-refractivity contribution is -0.134. The first-order chi connectivity index (χ1) is 12.7. The van der Waals surface area contributed by atoms with Gasteiger partial charge < -0.3 is 14.1 Å². The largest absolute Gasteiger partial charge is 0.482 e. The average Bonchev–Trinajstić information content (AvgIpc) is 3.11. The van der Waals surface area contributed by atoms with Gasteiger partial charge in [0.2, 0.25) is 0 Å². The number of rotatable bonds is 4. The minimum Gasteiger partial charge on any atom is -0.482 e. The third kappa shape index (κ3) is 3.53.